The van der Waals surface area contributed by atoms with Gasteiger partial charge in [-0.05, 0) is 88.0 Å². The van der Waals surface area contributed by atoms with E-state index in [0.717, 1.165) is 0 Å². The molecule has 2 heterocycles. The standard InChI is InChI=1S/C14H21N.C14H19N.2C8H8.HI/c2*1-15-12-6-5-9-14(15)11-10-13-7-3-2-4-8-13;2*1-2-8-6-4-3-5-7-8;/h3,7-8,10-11,14H,2,4-6,9,12H2,1H3;2-4,7-8,10-11,14H,5-6,9,12H2,1H3;2*2-7H,1H2;1H/b2*11-10+;;;/t2*14-;;;/m00.../s1. The molecule has 2 fully saturated rings. The molecule has 0 spiro atoms. The molecule has 0 aromatic heterocycles. The highest BCUT2D eigenvalue weighted by molar-refractivity contribution is 14.0. The largest absolute Gasteiger partial charge is 0.300 e. The minimum atomic E-state index is 0. The van der Waals surface area contributed by atoms with Gasteiger partial charge >= 0.3 is 0 Å². The van der Waals surface area contributed by atoms with Crippen molar-refractivity contribution in [1.82, 2.24) is 9.80 Å². The van der Waals surface area contributed by atoms with Gasteiger partial charge in [0, 0.05) is 12.1 Å². The van der Waals surface area contributed by atoms with Gasteiger partial charge in [0.2, 0.25) is 0 Å². The van der Waals surface area contributed by atoms with Crippen LogP contribution in [0.5, 0.6) is 0 Å². The van der Waals surface area contributed by atoms with Crippen LogP contribution in [-0.4, -0.2) is 49.1 Å². The van der Waals surface area contributed by atoms with Crippen LogP contribution >= 0.6 is 24.0 Å². The fraction of sp³-hybridized carbons (Fsp3) is 0.318. The zero-order valence-corrected chi connectivity index (χ0v) is 31.1. The van der Waals surface area contributed by atoms with Gasteiger partial charge in [0.05, 0.1) is 0 Å². The third-order valence-corrected chi connectivity index (χ3v) is 8.57. The predicted molar refractivity (Wildman–Crippen MR) is 220 cm³/mol. The van der Waals surface area contributed by atoms with Crippen molar-refractivity contribution in [1.29, 1.82) is 0 Å². The molecule has 2 aliphatic heterocycles. The van der Waals surface area contributed by atoms with Crippen molar-refractivity contribution in [3.05, 3.63) is 163 Å². The molecule has 3 aromatic rings. The molecule has 3 aliphatic rings. The molecular formula is C44H57IN2. The average molecular weight is 741 g/mol. The summed E-state index contributed by atoms with van der Waals surface area (Å²) in [5.41, 5.74) is 5.04. The van der Waals surface area contributed by atoms with Crippen LogP contribution in [0, 0.1) is 0 Å². The number of nitrogens with zero attached hydrogens (tertiary/aromatic N) is 2. The van der Waals surface area contributed by atoms with Crippen molar-refractivity contribution < 1.29 is 0 Å². The molecule has 250 valence electrons. The van der Waals surface area contributed by atoms with Gasteiger partial charge < -0.3 is 0 Å². The van der Waals surface area contributed by atoms with Gasteiger partial charge in [-0.2, -0.15) is 0 Å². The summed E-state index contributed by atoms with van der Waals surface area (Å²) >= 11 is 0. The maximum atomic E-state index is 3.63. The Kier molecular flexibility index (Phi) is 21.1. The first-order chi connectivity index (χ1) is 22.6. The summed E-state index contributed by atoms with van der Waals surface area (Å²) in [5.74, 6) is 0. The summed E-state index contributed by atoms with van der Waals surface area (Å²) in [5, 5.41) is 0. The molecule has 0 saturated carbocycles. The third kappa shape index (κ3) is 16.9. The lowest BCUT2D eigenvalue weighted by atomic mass is 10.0. The Morgan fingerprint density at radius 2 is 1.02 bits per heavy atom. The van der Waals surface area contributed by atoms with Crippen molar-refractivity contribution in [3.8, 4) is 0 Å². The van der Waals surface area contributed by atoms with Crippen LogP contribution in [0.15, 0.2) is 146 Å². The van der Waals surface area contributed by atoms with Crippen LogP contribution in [-0.2, 0) is 0 Å². The Morgan fingerprint density at radius 3 is 1.40 bits per heavy atom. The Balaban J connectivity index is 0.000000226. The first-order valence-corrected chi connectivity index (χ1v) is 17.1. The third-order valence-electron chi connectivity index (χ3n) is 8.57. The number of hydrogen-bond acceptors (Lipinski definition) is 2. The van der Waals surface area contributed by atoms with E-state index in [1.165, 1.54) is 86.7 Å². The number of allylic oxidation sites excluding steroid dienone is 5. The molecular weight excluding hydrogens is 683 g/mol. The maximum absolute atomic E-state index is 3.63. The molecule has 0 amide bonds. The number of likely N-dealkylation sites (N-methyl/N-ethyl adjacent to an activating group) is 2. The van der Waals surface area contributed by atoms with E-state index in [9.17, 15) is 0 Å². The van der Waals surface area contributed by atoms with Crippen LogP contribution in [0.1, 0.15) is 68.1 Å². The van der Waals surface area contributed by atoms with Gasteiger partial charge in [0.15, 0.2) is 0 Å². The second-order valence-corrected chi connectivity index (χ2v) is 12.1. The van der Waals surface area contributed by atoms with Crippen molar-refractivity contribution in [2.45, 2.75) is 63.5 Å². The Labute approximate surface area is 304 Å². The van der Waals surface area contributed by atoms with Crippen molar-refractivity contribution in [2.24, 2.45) is 0 Å². The smallest absolute Gasteiger partial charge is 0.0278 e. The molecule has 0 N–H and O–H groups in total. The normalized spacial score (nSPS) is 19.4. The van der Waals surface area contributed by atoms with E-state index in [2.05, 4.69) is 110 Å². The van der Waals surface area contributed by atoms with Gasteiger partial charge in [-0.25, -0.2) is 0 Å². The van der Waals surface area contributed by atoms with E-state index < -0.39 is 0 Å². The molecule has 0 unspecified atom stereocenters. The van der Waals surface area contributed by atoms with Crippen LogP contribution in [0.2, 0.25) is 0 Å². The van der Waals surface area contributed by atoms with Gasteiger partial charge in [-0.15, -0.1) is 24.0 Å². The van der Waals surface area contributed by atoms with E-state index in [-0.39, 0.29) is 24.0 Å². The zero-order chi connectivity index (χ0) is 32.7. The number of rotatable bonds is 6. The van der Waals surface area contributed by atoms with Crippen LogP contribution in [0.3, 0.4) is 0 Å². The summed E-state index contributed by atoms with van der Waals surface area (Å²) in [4.78, 5) is 4.91. The predicted octanol–water partition coefficient (Wildman–Crippen LogP) is 11.8. The highest BCUT2D eigenvalue weighted by atomic mass is 127. The quantitative estimate of drug-likeness (QED) is 0.232. The Hall–Kier alpha value is -3.25. The molecule has 47 heavy (non-hydrogen) atoms. The first-order valence-electron chi connectivity index (χ1n) is 17.1. The average Bonchev–Trinajstić information content (AvgIpc) is 3.13. The summed E-state index contributed by atoms with van der Waals surface area (Å²) in [6.07, 6.45) is 30.3. The summed E-state index contributed by atoms with van der Waals surface area (Å²) < 4.78 is 0. The minimum Gasteiger partial charge on any atom is -0.300 e. The molecule has 3 heteroatoms. The topological polar surface area (TPSA) is 6.48 Å². The molecule has 2 nitrogen and oxygen atoms in total. The van der Waals surface area contributed by atoms with Gasteiger partial charge in [-0.3, -0.25) is 9.80 Å². The van der Waals surface area contributed by atoms with E-state index in [4.69, 9.17) is 0 Å². The van der Waals surface area contributed by atoms with Crippen molar-refractivity contribution >= 4 is 42.2 Å². The van der Waals surface area contributed by atoms with Crippen LogP contribution in [0.25, 0.3) is 18.2 Å². The highest BCUT2D eigenvalue weighted by Crippen LogP contribution is 2.19. The highest BCUT2D eigenvalue weighted by Gasteiger charge is 2.16. The summed E-state index contributed by atoms with van der Waals surface area (Å²) in [7, 11) is 4.46. The lowest BCUT2D eigenvalue weighted by Gasteiger charge is -2.30. The monoisotopic (exact) mass is 740 g/mol. The first kappa shape index (κ1) is 39.9. The molecule has 2 atom stereocenters. The fourth-order valence-electron chi connectivity index (χ4n) is 5.63. The summed E-state index contributed by atoms with van der Waals surface area (Å²) in [6, 6.07) is 31.9. The van der Waals surface area contributed by atoms with Crippen LogP contribution in [0.4, 0.5) is 0 Å². The van der Waals surface area contributed by atoms with E-state index in [1.54, 1.807) is 0 Å². The second kappa shape index (κ2) is 24.9. The number of halogens is 1. The van der Waals surface area contributed by atoms with E-state index in [0.29, 0.717) is 12.1 Å². The van der Waals surface area contributed by atoms with Crippen LogP contribution < -0.4 is 0 Å². The number of piperidine rings is 2. The molecule has 3 aromatic carbocycles. The van der Waals surface area contributed by atoms with Gasteiger partial charge in [-0.1, -0.05) is 172 Å². The lowest BCUT2D eigenvalue weighted by Crippen LogP contribution is -2.34. The van der Waals surface area contributed by atoms with Crippen molar-refractivity contribution in [3.63, 3.8) is 0 Å². The molecule has 6 rings (SSSR count). The number of likely N-dealkylation sites (tertiary alicyclic amines) is 2. The Bertz CT molecular complexity index is 1310. The molecule has 0 radical (unpaired) electrons. The SMILES string of the molecule is C=Cc1ccccc1.C=Cc1ccccc1.CN1CCCC[C@H]1/C=C/C1=CCCC=C1.CN1CCCC[C@H]1/C=C/c1ccccc1.I. The number of hydrogen-bond donors (Lipinski definition) is 0. The zero-order valence-electron chi connectivity index (χ0n) is 28.8. The van der Waals surface area contributed by atoms with E-state index in [1.807, 2.05) is 72.8 Å². The lowest BCUT2D eigenvalue weighted by molar-refractivity contribution is 0.222. The molecule has 0 bridgehead atoms. The van der Waals surface area contributed by atoms with Gasteiger partial charge in [0.25, 0.3) is 0 Å². The Morgan fingerprint density at radius 1 is 0.574 bits per heavy atom. The minimum absolute atomic E-state index is 0. The number of benzene rings is 3. The maximum Gasteiger partial charge on any atom is 0.0278 e. The fourth-order valence-corrected chi connectivity index (χ4v) is 5.63. The summed E-state index contributed by atoms with van der Waals surface area (Å²) in [6.45, 7) is 9.76. The van der Waals surface area contributed by atoms with Gasteiger partial charge in [0.1, 0.15) is 0 Å². The second-order valence-electron chi connectivity index (χ2n) is 12.1. The van der Waals surface area contributed by atoms with E-state index >= 15 is 0 Å². The molecule has 2 saturated heterocycles. The van der Waals surface area contributed by atoms with Crippen molar-refractivity contribution in [2.75, 3.05) is 27.2 Å². The molecule has 1 aliphatic carbocycles.